The van der Waals surface area contributed by atoms with E-state index in [4.69, 9.17) is 29.2 Å². The van der Waals surface area contributed by atoms with E-state index in [9.17, 15) is 0 Å². The molecule has 0 aliphatic carbocycles. The molecule has 0 amide bonds. The molecule has 7 heteroatoms. The summed E-state index contributed by atoms with van der Waals surface area (Å²) in [6.45, 7) is 21.6. The quantitative estimate of drug-likeness (QED) is 0.182. The predicted octanol–water partition coefficient (Wildman–Crippen LogP) is 8.83. The van der Waals surface area contributed by atoms with Gasteiger partial charge in [0.05, 0.1) is 16.9 Å². The highest BCUT2D eigenvalue weighted by molar-refractivity contribution is 6.62. The summed E-state index contributed by atoms with van der Waals surface area (Å²) in [6, 6.07) is 29.3. The van der Waals surface area contributed by atoms with Gasteiger partial charge in [-0.05, 0) is 67.2 Å². The fourth-order valence-corrected chi connectivity index (χ4v) is 5.49. The first-order valence-corrected chi connectivity index (χ1v) is 16.4. The maximum atomic E-state index is 6.23. The molecule has 0 spiro atoms. The van der Waals surface area contributed by atoms with Crippen molar-refractivity contribution in [2.75, 3.05) is 0 Å². The monoisotopic (exact) mass is 624 g/mol. The Morgan fingerprint density at radius 3 is 1.26 bits per heavy atom. The van der Waals surface area contributed by atoms with E-state index < -0.39 is 7.12 Å². The SMILES string of the molecule is CC(C)(C)c1ccc(-c2nc(-c3ccc(C(C)(C)C)cc3)nc(-c3ccc(-c4ccc(B5OC(C)(C)C(C)(C)O5)cc4)nc3)n2)cc1. The van der Waals surface area contributed by atoms with Crippen LogP contribution in [-0.2, 0) is 20.1 Å². The summed E-state index contributed by atoms with van der Waals surface area (Å²) in [5.74, 6) is 1.85. The highest BCUT2D eigenvalue weighted by atomic mass is 16.7. The Balaban J connectivity index is 1.32. The Morgan fingerprint density at radius 2 is 0.872 bits per heavy atom. The molecule has 240 valence electrons. The molecular formula is C40H45BN4O2. The molecule has 6 nitrogen and oxygen atoms in total. The summed E-state index contributed by atoms with van der Waals surface area (Å²) < 4.78 is 12.5. The minimum atomic E-state index is -0.397. The van der Waals surface area contributed by atoms with E-state index in [-0.39, 0.29) is 22.0 Å². The summed E-state index contributed by atoms with van der Waals surface area (Å²) >= 11 is 0. The van der Waals surface area contributed by atoms with Gasteiger partial charge >= 0.3 is 7.12 Å². The van der Waals surface area contributed by atoms with Crippen LogP contribution in [0.15, 0.2) is 91.1 Å². The van der Waals surface area contributed by atoms with Crippen molar-refractivity contribution in [2.45, 2.75) is 91.3 Å². The minimum Gasteiger partial charge on any atom is -0.399 e. The molecular weight excluding hydrogens is 579 g/mol. The average molecular weight is 625 g/mol. The van der Waals surface area contributed by atoms with Gasteiger partial charge in [-0.25, -0.2) is 15.0 Å². The second-order valence-electron chi connectivity index (χ2n) is 15.6. The standard InChI is InChI=1S/C40H45BN4O2/c1-37(2,3)30-18-11-27(12-19-30)34-43-35(28-13-20-31(21-14-28)38(4,5)6)45-36(44-34)29-17-24-33(42-25-29)26-15-22-32(23-16-26)41-46-39(7,8)40(9,10)47-41/h11-25H,1-10H3. The van der Waals surface area contributed by atoms with Gasteiger partial charge in [-0.3, -0.25) is 4.98 Å². The molecule has 1 aliphatic rings. The largest absolute Gasteiger partial charge is 0.494 e. The number of rotatable bonds is 5. The summed E-state index contributed by atoms with van der Waals surface area (Å²) in [5, 5.41) is 0. The Labute approximate surface area is 280 Å². The third kappa shape index (κ3) is 6.78. The third-order valence-electron chi connectivity index (χ3n) is 9.41. The van der Waals surface area contributed by atoms with Gasteiger partial charge in [0.2, 0.25) is 0 Å². The zero-order valence-corrected chi connectivity index (χ0v) is 29.3. The molecule has 0 unspecified atom stereocenters. The maximum absolute atomic E-state index is 6.23. The highest BCUT2D eigenvalue weighted by Gasteiger charge is 2.51. The smallest absolute Gasteiger partial charge is 0.399 e. The average Bonchev–Trinajstić information content (AvgIpc) is 3.26. The van der Waals surface area contributed by atoms with Gasteiger partial charge in [0.15, 0.2) is 17.5 Å². The van der Waals surface area contributed by atoms with Crippen LogP contribution in [0.1, 0.15) is 80.4 Å². The normalized spacial score (nSPS) is 16.0. The van der Waals surface area contributed by atoms with Gasteiger partial charge in [-0.2, -0.15) is 0 Å². The van der Waals surface area contributed by atoms with Crippen LogP contribution in [0.3, 0.4) is 0 Å². The summed E-state index contributed by atoms with van der Waals surface area (Å²) in [6.07, 6.45) is 1.84. The molecule has 0 atom stereocenters. The van der Waals surface area contributed by atoms with Crippen LogP contribution >= 0.6 is 0 Å². The van der Waals surface area contributed by atoms with Crippen LogP contribution in [0.4, 0.5) is 0 Å². The molecule has 0 N–H and O–H groups in total. The zero-order chi connectivity index (χ0) is 33.8. The van der Waals surface area contributed by atoms with Gasteiger partial charge in [0.25, 0.3) is 0 Å². The van der Waals surface area contributed by atoms with Gasteiger partial charge in [0.1, 0.15) is 0 Å². The van der Waals surface area contributed by atoms with E-state index in [0.717, 1.165) is 33.4 Å². The van der Waals surface area contributed by atoms with Gasteiger partial charge in [0, 0.05) is 28.5 Å². The number of hydrogen-bond donors (Lipinski definition) is 0. The molecule has 3 heterocycles. The molecule has 3 aromatic carbocycles. The molecule has 6 rings (SSSR count). The lowest BCUT2D eigenvalue weighted by atomic mass is 9.79. The molecule has 1 saturated heterocycles. The Morgan fingerprint density at radius 1 is 0.489 bits per heavy atom. The van der Waals surface area contributed by atoms with E-state index in [2.05, 4.69) is 130 Å². The van der Waals surface area contributed by atoms with Crippen molar-refractivity contribution in [3.05, 3.63) is 102 Å². The number of nitrogens with zero attached hydrogens (tertiary/aromatic N) is 4. The molecule has 1 fully saturated rings. The number of aromatic nitrogens is 4. The van der Waals surface area contributed by atoms with E-state index in [1.54, 1.807) is 0 Å². The van der Waals surface area contributed by atoms with Crippen molar-refractivity contribution in [2.24, 2.45) is 0 Å². The molecule has 0 saturated carbocycles. The molecule has 0 radical (unpaired) electrons. The zero-order valence-electron chi connectivity index (χ0n) is 29.3. The van der Waals surface area contributed by atoms with Crippen molar-refractivity contribution in [3.63, 3.8) is 0 Å². The van der Waals surface area contributed by atoms with Gasteiger partial charge < -0.3 is 9.31 Å². The van der Waals surface area contributed by atoms with E-state index in [1.165, 1.54) is 11.1 Å². The maximum Gasteiger partial charge on any atom is 0.494 e. The number of hydrogen-bond acceptors (Lipinski definition) is 6. The lowest BCUT2D eigenvalue weighted by Gasteiger charge is -2.32. The highest BCUT2D eigenvalue weighted by Crippen LogP contribution is 2.37. The van der Waals surface area contributed by atoms with E-state index in [1.807, 2.05) is 30.5 Å². The fraction of sp³-hybridized carbons (Fsp3) is 0.350. The molecule has 1 aliphatic heterocycles. The minimum absolute atomic E-state index is 0.0579. The summed E-state index contributed by atoms with van der Waals surface area (Å²) in [5.41, 5.74) is 7.44. The molecule has 2 aromatic heterocycles. The van der Waals surface area contributed by atoms with Crippen molar-refractivity contribution in [3.8, 4) is 45.4 Å². The Hall–Kier alpha value is -4.20. The van der Waals surface area contributed by atoms with Crippen molar-refractivity contribution in [1.82, 2.24) is 19.9 Å². The predicted molar refractivity (Wildman–Crippen MR) is 192 cm³/mol. The van der Waals surface area contributed by atoms with Crippen LogP contribution in [0, 0.1) is 0 Å². The van der Waals surface area contributed by atoms with Gasteiger partial charge in [-0.1, -0.05) is 114 Å². The van der Waals surface area contributed by atoms with Crippen molar-refractivity contribution < 1.29 is 9.31 Å². The van der Waals surface area contributed by atoms with Crippen LogP contribution in [0.5, 0.6) is 0 Å². The summed E-state index contributed by atoms with van der Waals surface area (Å²) in [4.78, 5) is 19.6. The first-order chi connectivity index (χ1) is 22.0. The topological polar surface area (TPSA) is 70.0 Å². The second kappa shape index (κ2) is 11.8. The number of pyridine rings is 1. The number of benzene rings is 3. The lowest BCUT2D eigenvalue weighted by Crippen LogP contribution is -2.41. The van der Waals surface area contributed by atoms with Crippen molar-refractivity contribution in [1.29, 1.82) is 0 Å². The van der Waals surface area contributed by atoms with E-state index in [0.29, 0.717) is 17.5 Å². The second-order valence-corrected chi connectivity index (χ2v) is 15.6. The fourth-order valence-electron chi connectivity index (χ4n) is 5.49. The Bertz CT molecular complexity index is 1780. The van der Waals surface area contributed by atoms with E-state index >= 15 is 0 Å². The lowest BCUT2D eigenvalue weighted by molar-refractivity contribution is 0.00578. The third-order valence-corrected chi connectivity index (χ3v) is 9.41. The first kappa shape index (κ1) is 32.7. The van der Waals surface area contributed by atoms with Crippen LogP contribution in [0.25, 0.3) is 45.4 Å². The first-order valence-electron chi connectivity index (χ1n) is 16.4. The molecule has 47 heavy (non-hydrogen) atoms. The molecule has 0 bridgehead atoms. The molecule has 5 aromatic rings. The van der Waals surface area contributed by atoms with Crippen LogP contribution in [0.2, 0.25) is 0 Å². The van der Waals surface area contributed by atoms with Crippen LogP contribution in [-0.4, -0.2) is 38.3 Å². The summed E-state index contributed by atoms with van der Waals surface area (Å²) in [7, 11) is -0.397. The van der Waals surface area contributed by atoms with Crippen molar-refractivity contribution >= 4 is 12.6 Å². The Kier molecular flexibility index (Phi) is 8.22. The van der Waals surface area contributed by atoms with Crippen LogP contribution < -0.4 is 5.46 Å². The van der Waals surface area contributed by atoms with Gasteiger partial charge in [-0.15, -0.1) is 0 Å².